The van der Waals surface area contributed by atoms with Crippen LogP contribution in [0.4, 0.5) is 5.13 Å². The molecular weight excluding hydrogens is 410 g/mol. The Morgan fingerprint density at radius 3 is 2.76 bits per heavy atom. The van der Waals surface area contributed by atoms with E-state index in [1.54, 1.807) is 7.11 Å². The molecule has 0 amide bonds. The second kappa shape index (κ2) is 10.1. The lowest BCUT2D eigenvalue weighted by molar-refractivity contribution is 0.410. The molecule has 0 bridgehead atoms. The minimum Gasteiger partial charge on any atom is -0.496 e. The van der Waals surface area contributed by atoms with Crippen molar-refractivity contribution in [3.63, 3.8) is 0 Å². The number of para-hydroxylation sites is 1. The third kappa shape index (κ3) is 6.09. The van der Waals surface area contributed by atoms with Crippen molar-refractivity contribution in [1.29, 1.82) is 0 Å². The van der Waals surface area contributed by atoms with Crippen LogP contribution in [0.3, 0.4) is 0 Å². The van der Waals surface area contributed by atoms with Gasteiger partial charge in [-0.05, 0) is 11.6 Å². The maximum Gasteiger partial charge on any atom is 0.232 e. The Hall–Kier alpha value is -2.79. The van der Waals surface area contributed by atoms with Gasteiger partial charge < -0.3 is 15.8 Å². The zero-order valence-corrected chi connectivity index (χ0v) is 17.3. The van der Waals surface area contributed by atoms with Crippen molar-refractivity contribution in [2.45, 2.75) is 13.1 Å². The maximum atomic E-state index is 10.7. The van der Waals surface area contributed by atoms with E-state index in [0.717, 1.165) is 28.1 Å². The van der Waals surface area contributed by atoms with E-state index in [-0.39, 0.29) is 5.96 Å². The van der Waals surface area contributed by atoms with Gasteiger partial charge in [0.1, 0.15) is 5.75 Å². The summed E-state index contributed by atoms with van der Waals surface area (Å²) in [6, 6.07) is 15.2. The van der Waals surface area contributed by atoms with Crippen LogP contribution in [0, 0.1) is 0 Å². The minimum absolute atomic E-state index is 0.273. The zero-order valence-electron chi connectivity index (χ0n) is 15.7. The van der Waals surface area contributed by atoms with Crippen LogP contribution >= 0.6 is 11.3 Å². The second-order valence-electron chi connectivity index (χ2n) is 5.94. The number of nitrogens with two attached hydrogens (primary N) is 1. The molecule has 3 aromatic rings. The van der Waals surface area contributed by atoms with Crippen molar-refractivity contribution < 1.29 is 13.5 Å². The summed E-state index contributed by atoms with van der Waals surface area (Å²) in [4.78, 5) is 8.87. The number of benzene rings is 2. The fraction of sp³-hybridized carbons (Fsp3) is 0.158. The first kappa shape index (κ1) is 20.9. The fourth-order valence-corrected chi connectivity index (χ4v) is 3.57. The Bertz CT molecular complexity index is 1010. The van der Waals surface area contributed by atoms with Gasteiger partial charge in [-0.2, -0.15) is 0 Å². The van der Waals surface area contributed by atoms with Gasteiger partial charge in [-0.3, -0.25) is 4.55 Å². The monoisotopic (exact) mass is 431 g/mol. The van der Waals surface area contributed by atoms with Crippen molar-refractivity contribution >= 4 is 33.7 Å². The molecule has 0 saturated carbocycles. The topological polar surface area (TPSA) is 122 Å². The molecule has 0 spiro atoms. The highest BCUT2D eigenvalue weighted by molar-refractivity contribution is 7.77. The molecule has 0 aliphatic rings. The van der Waals surface area contributed by atoms with Gasteiger partial charge in [0.05, 0.1) is 19.3 Å². The second-order valence-corrected chi connectivity index (χ2v) is 7.59. The van der Waals surface area contributed by atoms with E-state index in [0.29, 0.717) is 18.2 Å². The van der Waals surface area contributed by atoms with Crippen molar-refractivity contribution in [3.8, 4) is 17.0 Å². The number of ether oxygens (including phenoxy) is 1. The minimum atomic E-state index is -2.03. The number of anilines is 1. The van der Waals surface area contributed by atoms with Crippen molar-refractivity contribution in [2.75, 3.05) is 12.4 Å². The van der Waals surface area contributed by atoms with Crippen LogP contribution < -0.4 is 20.5 Å². The van der Waals surface area contributed by atoms with Crippen LogP contribution in [-0.2, 0) is 24.4 Å². The zero-order chi connectivity index (χ0) is 20.6. The van der Waals surface area contributed by atoms with Crippen LogP contribution in [0.5, 0.6) is 5.75 Å². The molecule has 0 saturated heterocycles. The Balaban J connectivity index is 1.61. The number of guanidine groups is 1. The highest BCUT2D eigenvalue weighted by Gasteiger charge is 2.07. The number of nitrogens with one attached hydrogen (secondary N) is 2. The first-order valence-corrected chi connectivity index (χ1v) is 10.6. The average molecular weight is 432 g/mol. The van der Waals surface area contributed by atoms with Crippen LogP contribution in [-0.4, -0.2) is 26.8 Å². The molecule has 0 fully saturated rings. The average Bonchev–Trinajstić information content (AvgIpc) is 3.19. The molecular formula is C19H21N5O3S2. The molecule has 1 atom stereocenters. The smallest absolute Gasteiger partial charge is 0.232 e. The highest BCUT2D eigenvalue weighted by atomic mass is 32.2. The number of hydrogen-bond acceptors (Lipinski definition) is 5. The normalized spacial score (nSPS) is 12.6. The summed E-state index contributed by atoms with van der Waals surface area (Å²) in [7, 11) is 1.62. The summed E-state index contributed by atoms with van der Waals surface area (Å²) in [5.74, 6) is 1.04. The van der Waals surface area contributed by atoms with Gasteiger partial charge in [0.25, 0.3) is 0 Å². The first-order chi connectivity index (χ1) is 14.0. The van der Waals surface area contributed by atoms with Crippen molar-refractivity contribution in [1.82, 2.24) is 9.71 Å². The molecule has 0 aliphatic heterocycles. The number of nitrogens with zero attached hydrogens (tertiary/aromatic N) is 2. The molecule has 5 N–H and O–H groups in total. The first-order valence-electron chi connectivity index (χ1n) is 8.63. The van der Waals surface area contributed by atoms with Gasteiger partial charge in [0, 0.05) is 23.1 Å². The summed E-state index contributed by atoms with van der Waals surface area (Å²) in [5.41, 5.74) is 9.57. The standard InChI is InChI=1S/C19H21N5O3S2/c1-27-17-5-3-2-4-15(17)11-21-18(20)24-19-23-16(12-28-19)14-8-6-13(7-9-14)10-22-29(25)26/h2-9,12,22H,10-11H2,1H3,(H,25,26)(H3,20,21,23,24). The highest BCUT2D eigenvalue weighted by Crippen LogP contribution is 2.25. The van der Waals surface area contributed by atoms with E-state index in [2.05, 4.69) is 20.0 Å². The lowest BCUT2D eigenvalue weighted by atomic mass is 10.1. The number of aliphatic imine (C=N–C) groups is 1. The molecule has 29 heavy (non-hydrogen) atoms. The van der Waals surface area contributed by atoms with E-state index in [1.807, 2.05) is 53.9 Å². The number of rotatable bonds is 8. The third-order valence-electron chi connectivity index (χ3n) is 4.00. The maximum absolute atomic E-state index is 10.7. The van der Waals surface area contributed by atoms with Gasteiger partial charge in [-0.15, -0.1) is 11.3 Å². The number of thiazole rings is 1. The molecule has 0 aliphatic carbocycles. The molecule has 3 rings (SSSR count). The molecule has 2 aromatic carbocycles. The van der Waals surface area contributed by atoms with Gasteiger partial charge >= 0.3 is 0 Å². The van der Waals surface area contributed by atoms with Crippen LogP contribution in [0.1, 0.15) is 11.1 Å². The van der Waals surface area contributed by atoms with Gasteiger partial charge in [-0.25, -0.2) is 18.9 Å². The molecule has 0 radical (unpaired) electrons. The summed E-state index contributed by atoms with van der Waals surface area (Å²) in [6.07, 6.45) is 0. The van der Waals surface area contributed by atoms with E-state index in [1.165, 1.54) is 11.3 Å². The Morgan fingerprint density at radius 2 is 2.03 bits per heavy atom. The summed E-state index contributed by atoms with van der Waals surface area (Å²) in [5, 5.41) is 5.57. The van der Waals surface area contributed by atoms with Gasteiger partial charge in [0.15, 0.2) is 11.1 Å². The van der Waals surface area contributed by atoms with E-state index >= 15 is 0 Å². The van der Waals surface area contributed by atoms with Gasteiger partial charge in [0.2, 0.25) is 11.3 Å². The lowest BCUT2D eigenvalue weighted by Gasteiger charge is -2.06. The molecule has 1 aromatic heterocycles. The molecule has 8 nitrogen and oxygen atoms in total. The SMILES string of the molecule is COc1ccccc1CN=C(N)Nc1nc(-c2ccc(CNS(=O)O)cc2)cs1. The molecule has 152 valence electrons. The quantitative estimate of drug-likeness (QED) is 0.247. The predicted molar refractivity (Wildman–Crippen MR) is 117 cm³/mol. The number of hydrogen-bond donors (Lipinski definition) is 4. The predicted octanol–water partition coefficient (Wildman–Crippen LogP) is 2.97. The Kier molecular flexibility index (Phi) is 7.30. The van der Waals surface area contributed by atoms with E-state index in [4.69, 9.17) is 15.0 Å². The van der Waals surface area contributed by atoms with Crippen LogP contribution in [0.25, 0.3) is 11.3 Å². The molecule has 10 heteroatoms. The van der Waals surface area contributed by atoms with Crippen LogP contribution in [0.15, 0.2) is 58.9 Å². The van der Waals surface area contributed by atoms with E-state index in [9.17, 15) is 4.21 Å². The van der Waals surface area contributed by atoms with Gasteiger partial charge in [-0.1, -0.05) is 42.5 Å². The Labute approximate surface area is 175 Å². The largest absolute Gasteiger partial charge is 0.496 e. The summed E-state index contributed by atoms with van der Waals surface area (Å²) >= 11 is -0.598. The number of methoxy groups -OCH3 is 1. The fourth-order valence-electron chi connectivity index (χ4n) is 2.56. The molecule has 1 heterocycles. The summed E-state index contributed by atoms with van der Waals surface area (Å²) in [6.45, 7) is 0.710. The third-order valence-corrected chi connectivity index (χ3v) is 5.15. The molecule has 1 unspecified atom stereocenters. The lowest BCUT2D eigenvalue weighted by Crippen LogP contribution is -2.22. The van der Waals surface area contributed by atoms with Crippen molar-refractivity contribution in [2.24, 2.45) is 10.7 Å². The van der Waals surface area contributed by atoms with Crippen LogP contribution in [0.2, 0.25) is 0 Å². The van der Waals surface area contributed by atoms with E-state index < -0.39 is 11.3 Å². The summed E-state index contributed by atoms with van der Waals surface area (Å²) < 4.78 is 27.2. The Morgan fingerprint density at radius 1 is 1.28 bits per heavy atom. The van der Waals surface area contributed by atoms with Crippen molar-refractivity contribution in [3.05, 3.63) is 65.0 Å². The number of aromatic nitrogens is 1.